The molecule has 1 N–H and O–H groups in total. The second kappa shape index (κ2) is 42.3. The van der Waals surface area contributed by atoms with Crippen molar-refractivity contribution in [2.75, 3.05) is 0 Å². The number of carboxylic acids is 1. The minimum atomic E-state index is -0.703. The van der Waals surface area contributed by atoms with E-state index in [0.29, 0.717) is 6.42 Å². The van der Waals surface area contributed by atoms with E-state index in [1.165, 1.54) is 128 Å². The fourth-order valence-electron chi connectivity index (χ4n) is 6.46. The third-order valence-electron chi connectivity index (χ3n) is 9.76. The summed E-state index contributed by atoms with van der Waals surface area (Å²) >= 11 is 0. The number of aliphatic carboxylic acids is 1. The lowest BCUT2D eigenvalue weighted by Crippen LogP contribution is -2.16. The number of carbonyl (C=O) groups excluding carboxylic acids is 1. The molecule has 0 aromatic heterocycles. The number of ether oxygens (including phenoxy) is 1. The van der Waals surface area contributed by atoms with E-state index in [2.05, 4.69) is 62.5 Å². The highest BCUT2D eigenvalue weighted by molar-refractivity contribution is 5.69. The molecule has 0 saturated carbocycles. The summed E-state index contributed by atoms with van der Waals surface area (Å²) in [5.41, 5.74) is 0. The Morgan fingerprint density at radius 2 is 0.824 bits per heavy atom. The van der Waals surface area contributed by atoms with Gasteiger partial charge in [-0.25, -0.2) is 0 Å². The molecule has 51 heavy (non-hydrogen) atoms. The van der Waals surface area contributed by atoms with Crippen LogP contribution < -0.4 is 0 Å². The summed E-state index contributed by atoms with van der Waals surface area (Å²) in [6.45, 7) is 4.52. The Kier molecular flexibility index (Phi) is 40.6. The van der Waals surface area contributed by atoms with Gasteiger partial charge in [0.2, 0.25) is 0 Å². The molecule has 0 amide bonds. The first-order valence-electron chi connectivity index (χ1n) is 22.1. The van der Waals surface area contributed by atoms with E-state index >= 15 is 0 Å². The number of hydrogen-bond acceptors (Lipinski definition) is 3. The van der Waals surface area contributed by atoms with Crippen LogP contribution in [0.4, 0.5) is 0 Å². The van der Waals surface area contributed by atoms with E-state index in [0.717, 1.165) is 77.0 Å². The van der Waals surface area contributed by atoms with Crippen LogP contribution in [-0.4, -0.2) is 23.1 Å². The van der Waals surface area contributed by atoms with Gasteiger partial charge in [-0.3, -0.25) is 9.59 Å². The van der Waals surface area contributed by atoms with Gasteiger partial charge in [-0.1, -0.05) is 185 Å². The normalized spacial score (nSPS) is 12.7. The average molecular weight is 713 g/mol. The number of carboxylic acid groups (broad SMARTS) is 1. The van der Waals surface area contributed by atoms with Crippen LogP contribution in [0, 0.1) is 0 Å². The number of hydrogen-bond donors (Lipinski definition) is 1. The molecule has 1 unspecified atom stereocenters. The predicted octanol–water partition coefficient (Wildman–Crippen LogP) is 15.5. The molecule has 4 heteroatoms. The maximum absolute atomic E-state index is 12.7. The molecular weight excluding hydrogens is 629 g/mol. The van der Waals surface area contributed by atoms with Crippen LogP contribution in [0.5, 0.6) is 0 Å². The van der Waals surface area contributed by atoms with Crippen molar-refractivity contribution in [3.63, 3.8) is 0 Å². The molecule has 0 aromatic carbocycles. The zero-order valence-electron chi connectivity index (χ0n) is 33.9. The maximum atomic E-state index is 12.7. The smallest absolute Gasteiger partial charge is 0.306 e. The zero-order chi connectivity index (χ0) is 37.1. The Labute approximate surface area is 317 Å². The molecule has 0 aliphatic rings. The molecule has 0 aromatic rings. The quantitative estimate of drug-likeness (QED) is 0.0390. The van der Waals surface area contributed by atoms with Crippen molar-refractivity contribution in [2.24, 2.45) is 0 Å². The first-order chi connectivity index (χ1) is 25.1. The summed E-state index contributed by atoms with van der Waals surface area (Å²) in [6, 6.07) is 0. The van der Waals surface area contributed by atoms with Gasteiger partial charge in [0, 0.05) is 12.8 Å². The lowest BCUT2D eigenvalue weighted by Gasteiger charge is -2.14. The van der Waals surface area contributed by atoms with Crippen molar-refractivity contribution in [3.8, 4) is 0 Å². The summed E-state index contributed by atoms with van der Waals surface area (Å²) in [5.74, 6) is -0.758. The Bertz CT molecular complexity index is 854. The van der Waals surface area contributed by atoms with Crippen LogP contribution in [0.3, 0.4) is 0 Å². The standard InChI is InChI=1S/C47H84O4/c1-3-5-7-9-11-13-14-15-16-17-18-19-20-21-22-23-24-25-26-28-30-36-40-44-47(50)51-45(41-37-33-29-27-12-10-8-6-4-2)42-38-34-31-32-35-39-43-46(48)49/h14-15,17-18,27,29,37,41,45H,3-13,16,19-26,28,30-36,38-40,42-44H2,1-2H3,(H,48,49)/b15-14-,18-17-,29-27-,41-37-. The maximum Gasteiger partial charge on any atom is 0.306 e. The molecule has 0 spiro atoms. The average Bonchev–Trinajstić information content (AvgIpc) is 3.12. The van der Waals surface area contributed by atoms with Crippen LogP contribution in [0.25, 0.3) is 0 Å². The molecule has 0 heterocycles. The summed E-state index contributed by atoms with van der Waals surface area (Å²) in [6.07, 6.45) is 57.3. The van der Waals surface area contributed by atoms with Crippen LogP contribution in [0.15, 0.2) is 48.6 Å². The lowest BCUT2D eigenvalue weighted by molar-refractivity contribution is -0.147. The van der Waals surface area contributed by atoms with E-state index in [-0.39, 0.29) is 18.5 Å². The Morgan fingerprint density at radius 1 is 0.451 bits per heavy atom. The van der Waals surface area contributed by atoms with Crippen molar-refractivity contribution in [1.29, 1.82) is 0 Å². The van der Waals surface area contributed by atoms with Crippen molar-refractivity contribution < 1.29 is 19.4 Å². The van der Waals surface area contributed by atoms with E-state index in [1.807, 2.05) is 0 Å². The molecule has 0 bridgehead atoms. The third-order valence-corrected chi connectivity index (χ3v) is 9.76. The Morgan fingerprint density at radius 3 is 1.29 bits per heavy atom. The number of allylic oxidation sites excluding steroid dienone is 7. The molecule has 4 nitrogen and oxygen atoms in total. The molecule has 0 fully saturated rings. The Hall–Kier alpha value is -2.10. The van der Waals surface area contributed by atoms with Gasteiger partial charge in [0.15, 0.2) is 0 Å². The second-order valence-electron chi connectivity index (χ2n) is 14.9. The topological polar surface area (TPSA) is 63.6 Å². The summed E-state index contributed by atoms with van der Waals surface area (Å²) in [4.78, 5) is 23.3. The van der Waals surface area contributed by atoms with E-state index in [4.69, 9.17) is 9.84 Å². The summed E-state index contributed by atoms with van der Waals surface area (Å²) in [5, 5.41) is 8.79. The summed E-state index contributed by atoms with van der Waals surface area (Å²) < 4.78 is 5.92. The van der Waals surface area contributed by atoms with Crippen LogP contribution >= 0.6 is 0 Å². The molecular formula is C47H84O4. The predicted molar refractivity (Wildman–Crippen MR) is 222 cm³/mol. The number of unbranched alkanes of at least 4 members (excludes halogenated alkanes) is 25. The minimum Gasteiger partial charge on any atom is -0.481 e. The van der Waals surface area contributed by atoms with Gasteiger partial charge in [0.05, 0.1) is 0 Å². The fourth-order valence-corrected chi connectivity index (χ4v) is 6.46. The molecule has 0 radical (unpaired) electrons. The molecule has 1 atom stereocenters. The van der Waals surface area contributed by atoms with Crippen LogP contribution in [0.1, 0.15) is 232 Å². The second-order valence-corrected chi connectivity index (χ2v) is 14.9. The highest BCUT2D eigenvalue weighted by Gasteiger charge is 2.11. The lowest BCUT2D eigenvalue weighted by atomic mass is 10.0. The largest absolute Gasteiger partial charge is 0.481 e. The van der Waals surface area contributed by atoms with Crippen molar-refractivity contribution in [1.82, 2.24) is 0 Å². The molecule has 0 rings (SSSR count). The fraction of sp³-hybridized carbons (Fsp3) is 0.787. The zero-order valence-corrected chi connectivity index (χ0v) is 33.9. The van der Waals surface area contributed by atoms with Gasteiger partial charge >= 0.3 is 11.9 Å². The van der Waals surface area contributed by atoms with Crippen molar-refractivity contribution in [2.45, 2.75) is 238 Å². The van der Waals surface area contributed by atoms with Gasteiger partial charge in [-0.2, -0.15) is 0 Å². The summed E-state index contributed by atoms with van der Waals surface area (Å²) in [7, 11) is 0. The highest BCUT2D eigenvalue weighted by atomic mass is 16.5. The highest BCUT2D eigenvalue weighted by Crippen LogP contribution is 2.16. The van der Waals surface area contributed by atoms with Gasteiger partial charge in [0.1, 0.15) is 6.10 Å². The molecule has 0 saturated heterocycles. The van der Waals surface area contributed by atoms with Gasteiger partial charge in [-0.05, 0) is 83.1 Å². The van der Waals surface area contributed by atoms with Crippen molar-refractivity contribution in [3.05, 3.63) is 48.6 Å². The van der Waals surface area contributed by atoms with E-state index in [9.17, 15) is 9.59 Å². The van der Waals surface area contributed by atoms with Crippen LogP contribution in [-0.2, 0) is 14.3 Å². The Balaban J connectivity index is 3.93. The minimum absolute atomic E-state index is 0.0550. The first kappa shape index (κ1) is 48.9. The SMILES string of the molecule is CCCCCC/C=C\C/C=C\C(CCCCCCCCC(=O)O)OC(=O)CCCCCCCCCCCCC/C=C\C/C=C\CCCCCCC. The number of carbonyl (C=O) groups is 2. The van der Waals surface area contributed by atoms with Gasteiger partial charge in [-0.15, -0.1) is 0 Å². The monoisotopic (exact) mass is 713 g/mol. The third kappa shape index (κ3) is 42.2. The molecule has 0 aliphatic carbocycles. The van der Waals surface area contributed by atoms with Gasteiger partial charge in [0.25, 0.3) is 0 Å². The molecule has 0 aliphatic heterocycles. The molecule has 296 valence electrons. The van der Waals surface area contributed by atoms with E-state index < -0.39 is 5.97 Å². The van der Waals surface area contributed by atoms with Gasteiger partial charge < -0.3 is 9.84 Å². The number of esters is 1. The van der Waals surface area contributed by atoms with E-state index in [1.54, 1.807) is 0 Å². The van der Waals surface area contributed by atoms with Crippen molar-refractivity contribution >= 4 is 11.9 Å². The van der Waals surface area contributed by atoms with Crippen LogP contribution in [0.2, 0.25) is 0 Å². The first-order valence-corrected chi connectivity index (χ1v) is 22.1. The number of rotatable bonds is 40.